The third-order valence-corrected chi connectivity index (χ3v) is 4.73. The Bertz CT molecular complexity index is 846. The minimum Gasteiger partial charge on any atom is -0.466 e. The third-order valence-electron chi connectivity index (χ3n) is 4.36. The monoisotopic (exact) mass is 355 g/mol. The second-order valence-corrected chi connectivity index (χ2v) is 6.20. The number of ether oxygens (including phenoxy) is 2. The first-order chi connectivity index (χ1) is 12.2. The molecular weight excluding hydrogens is 342 g/mol. The fourth-order valence-corrected chi connectivity index (χ4v) is 3.50. The summed E-state index contributed by atoms with van der Waals surface area (Å²) >= 11 is 6.38. The number of hydrogen-bond donors (Lipinski definition) is 0. The molecule has 126 valence electrons. The molecule has 0 fully saturated rings. The van der Waals surface area contributed by atoms with Gasteiger partial charge in [0.15, 0.2) is 5.76 Å². The number of amides is 2. The molecule has 0 radical (unpaired) electrons. The van der Waals surface area contributed by atoms with E-state index in [9.17, 15) is 9.59 Å². The highest BCUT2D eigenvalue weighted by Gasteiger charge is 2.44. The maximum absolute atomic E-state index is 12.9. The van der Waals surface area contributed by atoms with Crippen molar-refractivity contribution in [1.29, 1.82) is 0 Å². The first kappa shape index (κ1) is 15.7. The summed E-state index contributed by atoms with van der Waals surface area (Å²) in [7, 11) is 0. The fraction of sp³-hybridized carbons (Fsp3) is 0.158. The van der Waals surface area contributed by atoms with Crippen LogP contribution in [0.4, 0.5) is 0 Å². The maximum atomic E-state index is 12.9. The topological polar surface area (TPSA) is 55.8 Å². The highest BCUT2D eigenvalue weighted by Crippen LogP contribution is 2.36. The van der Waals surface area contributed by atoms with Crippen molar-refractivity contribution >= 4 is 23.4 Å². The van der Waals surface area contributed by atoms with E-state index < -0.39 is 6.04 Å². The Kier molecular flexibility index (Phi) is 3.93. The number of fused-ring (bicyclic) bond motifs is 1. The lowest BCUT2D eigenvalue weighted by molar-refractivity contribution is 0.0584. The molecule has 4 rings (SSSR count). The van der Waals surface area contributed by atoms with Crippen LogP contribution < -0.4 is 0 Å². The Morgan fingerprint density at radius 1 is 1.08 bits per heavy atom. The Hall–Kier alpha value is -2.79. The molecule has 1 aromatic carbocycles. The molecule has 0 aromatic heterocycles. The van der Waals surface area contributed by atoms with Gasteiger partial charge in [0.1, 0.15) is 24.8 Å². The van der Waals surface area contributed by atoms with Crippen LogP contribution in [0.2, 0.25) is 0 Å². The summed E-state index contributed by atoms with van der Waals surface area (Å²) in [5.41, 5.74) is 1.52. The highest BCUT2D eigenvalue weighted by molar-refractivity contribution is 6.32. The average molecular weight is 356 g/mol. The first-order valence-corrected chi connectivity index (χ1v) is 8.25. The molecule has 0 saturated heterocycles. The number of allylic oxidation sites excluding steroid dienone is 3. The molecule has 5 nitrogen and oxygen atoms in total. The second kappa shape index (κ2) is 6.26. The summed E-state index contributed by atoms with van der Waals surface area (Å²) < 4.78 is 10.7. The Labute approximate surface area is 149 Å². The molecule has 1 atom stereocenters. The summed E-state index contributed by atoms with van der Waals surface area (Å²) in [6.07, 6.45) is 9.27. The number of benzene rings is 1. The van der Waals surface area contributed by atoms with E-state index in [0.717, 1.165) is 12.0 Å². The molecule has 1 unspecified atom stereocenters. The minimum absolute atomic E-state index is 0.348. The van der Waals surface area contributed by atoms with Crippen LogP contribution in [-0.4, -0.2) is 22.8 Å². The molecule has 0 saturated carbocycles. The van der Waals surface area contributed by atoms with Crippen LogP contribution in [0.3, 0.4) is 0 Å². The predicted molar refractivity (Wildman–Crippen MR) is 91.4 cm³/mol. The van der Waals surface area contributed by atoms with Crippen LogP contribution in [0.25, 0.3) is 0 Å². The molecule has 25 heavy (non-hydrogen) atoms. The molecule has 2 aliphatic heterocycles. The second-order valence-electron chi connectivity index (χ2n) is 5.79. The van der Waals surface area contributed by atoms with E-state index in [1.807, 2.05) is 6.08 Å². The van der Waals surface area contributed by atoms with Gasteiger partial charge in [0.25, 0.3) is 11.8 Å². The van der Waals surface area contributed by atoms with Crippen LogP contribution in [0, 0.1) is 0 Å². The van der Waals surface area contributed by atoms with Crippen molar-refractivity contribution in [2.24, 2.45) is 0 Å². The van der Waals surface area contributed by atoms with Crippen molar-refractivity contribution in [3.8, 4) is 0 Å². The molecule has 2 heterocycles. The summed E-state index contributed by atoms with van der Waals surface area (Å²) in [6, 6.07) is 6.03. The van der Waals surface area contributed by atoms with E-state index in [1.54, 1.807) is 30.3 Å². The number of carbonyl (C=O) groups is 2. The fourth-order valence-electron chi connectivity index (χ4n) is 3.22. The standard InChI is InChI=1S/C19H14ClNO4/c20-15-8-4-3-7-14(15)17(16-11-24-9-10-25-16)21-18(22)12-5-1-2-6-13(12)19(21)23/h1-2,4-6,8-11,17H,3,7H2. The van der Waals surface area contributed by atoms with Crippen molar-refractivity contribution in [1.82, 2.24) is 4.90 Å². The zero-order valence-corrected chi connectivity index (χ0v) is 13.9. The summed E-state index contributed by atoms with van der Waals surface area (Å²) in [5.74, 6) is -0.382. The van der Waals surface area contributed by atoms with Crippen LogP contribution in [0.5, 0.6) is 0 Å². The predicted octanol–water partition coefficient (Wildman–Crippen LogP) is 3.85. The van der Waals surface area contributed by atoms with Crippen LogP contribution in [0.1, 0.15) is 33.6 Å². The molecule has 3 aliphatic rings. The van der Waals surface area contributed by atoms with Crippen LogP contribution in [-0.2, 0) is 9.47 Å². The molecule has 0 bridgehead atoms. The van der Waals surface area contributed by atoms with E-state index in [2.05, 4.69) is 0 Å². The summed E-state index contributed by atoms with van der Waals surface area (Å²) in [4.78, 5) is 27.0. The number of halogens is 1. The van der Waals surface area contributed by atoms with Gasteiger partial charge in [-0.05, 0) is 36.6 Å². The molecule has 1 aromatic rings. The lowest BCUT2D eigenvalue weighted by Crippen LogP contribution is -2.43. The zero-order valence-electron chi connectivity index (χ0n) is 13.1. The lowest BCUT2D eigenvalue weighted by Gasteiger charge is -2.31. The number of nitrogens with zero attached hydrogens (tertiary/aromatic N) is 1. The van der Waals surface area contributed by atoms with Gasteiger partial charge in [0, 0.05) is 5.03 Å². The van der Waals surface area contributed by atoms with Crippen LogP contribution in [0.15, 0.2) is 71.6 Å². The van der Waals surface area contributed by atoms with Crippen molar-refractivity contribution in [2.75, 3.05) is 0 Å². The van der Waals surface area contributed by atoms with Crippen LogP contribution >= 0.6 is 11.6 Å². The number of imide groups is 1. The normalized spacial score (nSPS) is 20.2. The average Bonchev–Trinajstić information content (AvgIpc) is 2.90. The quantitative estimate of drug-likeness (QED) is 0.773. The largest absolute Gasteiger partial charge is 0.466 e. The van der Waals surface area contributed by atoms with Gasteiger partial charge in [-0.15, -0.1) is 0 Å². The third kappa shape index (κ3) is 2.57. The van der Waals surface area contributed by atoms with Crippen molar-refractivity contribution in [3.63, 3.8) is 0 Å². The van der Waals surface area contributed by atoms with E-state index in [-0.39, 0.29) is 11.8 Å². The molecule has 6 heteroatoms. The van der Waals surface area contributed by atoms with Crippen molar-refractivity contribution in [2.45, 2.75) is 18.9 Å². The van der Waals surface area contributed by atoms with E-state index in [0.29, 0.717) is 28.3 Å². The van der Waals surface area contributed by atoms with E-state index in [4.69, 9.17) is 21.1 Å². The molecule has 1 aliphatic carbocycles. The maximum Gasteiger partial charge on any atom is 0.262 e. The van der Waals surface area contributed by atoms with Gasteiger partial charge in [-0.1, -0.05) is 29.8 Å². The van der Waals surface area contributed by atoms with Gasteiger partial charge in [0.05, 0.1) is 11.1 Å². The lowest BCUT2D eigenvalue weighted by atomic mass is 9.95. The Balaban J connectivity index is 1.82. The molecular formula is C19H14ClNO4. The Morgan fingerprint density at radius 2 is 1.80 bits per heavy atom. The SMILES string of the molecule is O=C1c2ccccc2C(=O)N1C(C1=COC=CO1)C1=C(Cl)C=CCC1. The van der Waals surface area contributed by atoms with Gasteiger partial charge in [0.2, 0.25) is 0 Å². The van der Waals surface area contributed by atoms with Gasteiger partial charge in [-0.2, -0.15) is 0 Å². The molecule has 0 spiro atoms. The van der Waals surface area contributed by atoms with Crippen molar-refractivity contribution in [3.05, 3.63) is 82.7 Å². The zero-order chi connectivity index (χ0) is 17.4. The molecule has 0 N–H and O–H groups in total. The molecule has 2 amide bonds. The van der Waals surface area contributed by atoms with Gasteiger partial charge < -0.3 is 9.47 Å². The Morgan fingerprint density at radius 3 is 2.40 bits per heavy atom. The smallest absolute Gasteiger partial charge is 0.262 e. The van der Waals surface area contributed by atoms with Gasteiger partial charge in [-0.25, -0.2) is 0 Å². The summed E-state index contributed by atoms with van der Waals surface area (Å²) in [5, 5.41) is 0.506. The number of rotatable bonds is 3. The van der Waals surface area contributed by atoms with Gasteiger partial charge in [-0.3, -0.25) is 14.5 Å². The van der Waals surface area contributed by atoms with Crippen molar-refractivity contribution < 1.29 is 19.1 Å². The first-order valence-electron chi connectivity index (χ1n) is 7.87. The number of hydrogen-bond acceptors (Lipinski definition) is 4. The van der Waals surface area contributed by atoms with E-state index >= 15 is 0 Å². The van der Waals surface area contributed by atoms with Gasteiger partial charge >= 0.3 is 0 Å². The summed E-state index contributed by atoms with van der Waals surface area (Å²) in [6.45, 7) is 0. The highest BCUT2D eigenvalue weighted by atomic mass is 35.5. The minimum atomic E-state index is -0.741. The van der Waals surface area contributed by atoms with E-state index in [1.165, 1.54) is 23.7 Å². The number of carbonyl (C=O) groups excluding carboxylic acids is 2.